The van der Waals surface area contributed by atoms with Crippen molar-refractivity contribution in [3.8, 4) is 23.0 Å². The van der Waals surface area contributed by atoms with E-state index in [0.29, 0.717) is 36.6 Å². The number of pyridine rings is 1. The number of hydrogen-bond acceptors (Lipinski definition) is 10. The van der Waals surface area contributed by atoms with Crippen LogP contribution < -0.4 is 20.1 Å². The summed E-state index contributed by atoms with van der Waals surface area (Å²) in [6, 6.07) is 5.79. The zero-order valence-electron chi connectivity index (χ0n) is 31.0. The molecule has 4 aliphatic rings. The number of carbonyl (C=O) groups is 3. The van der Waals surface area contributed by atoms with Gasteiger partial charge in [-0.15, -0.1) is 11.3 Å². The number of rotatable bonds is 7. The van der Waals surface area contributed by atoms with Gasteiger partial charge in [-0.1, -0.05) is 25.0 Å². The van der Waals surface area contributed by atoms with E-state index in [2.05, 4.69) is 27.8 Å². The molecule has 2 aromatic heterocycles. The Morgan fingerprint density at radius 1 is 1.04 bits per heavy atom. The van der Waals surface area contributed by atoms with Crippen molar-refractivity contribution in [1.82, 2.24) is 25.5 Å². The number of hydrogen-bond donors (Lipinski definition) is 2. The molecule has 3 amide bonds. The molecular formula is C39H50N5O7PS. The molecule has 0 bridgehead atoms. The molecule has 0 spiro atoms. The first-order valence-electron chi connectivity index (χ1n) is 18.8. The van der Waals surface area contributed by atoms with Gasteiger partial charge in [0.05, 0.1) is 35.3 Å². The third-order valence-corrected chi connectivity index (χ3v) is 14.5. The molecule has 53 heavy (non-hydrogen) atoms. The van der Waals surface area contributed by atoms with Gasteiger partial charge in [0.25, 0.3) is 0 Å². The molecule has 4 heterocycles. The molecular weight excluding hydrogens is 713 g/mol. The number of allylic oxidation sites excluding steroid dienone is 1. The third kappa shape index (κ3) is 8.11. The van der Waals surface area contributed by atoms with Crippen LogP contribution in [0.2, 0.25) is 0 Å². The van der Waals surface area contributed by atoms with Crippen molar-refractivity contribution < 1.29 is 33.2 Å². The van der Waals surface area contributed by atoms with E-state index in [1.165, 1.54) is 16.2 Å². The van der Waals surface area contributed by atoms with E-state index in [4.69, 9.17) is 19.2 Å². The molecule has 5 atom stereocenters. The fourth-order valence-corrected chi connectivity index (χ4v) is 10.6. The maximum absolute atomic E-state index is 14.6. The third-order valence-electron chi connectivity index (χ3n) is 11.2. The highest BCUT2D eigenvalue weighted by atomic mass is 32.1. The van der Waals surface area contributed by atoms with Crippen LogP contribution in [0.25, 0.3) is 22.2 Å². The summed E-state index contributed by atoms with van der Waals surface area (Å²) in [6.45, 7) is 5.47. The monoisotopic (exact) mass is 763 g/mol. The predicted octanol–water partition coefficient (Wildman–Crippen LogP) is 7.04. The van der Waals surface area contributed by atoms with E-state index in [9.17, 15) is 18.9 Å². The maximum atomic E-state index is 14.6. The fourth-order valence-electron chi connectivity index (χ4n) is 8.10. The number of methoxy groups -OCH3 is 1. The van der Waals surface area contributed by atoms with E-state index in [1.807, 2.05) is 36.6 Å². The molecule has 2 aliphatic heterocycles. The SMILES string of the molecule is COc1ccc2c(OC3CC4C(=O)NC5(P(C)(C)=O)CC5/C=C/CCCCCC(NC(=O)OC5CCCC5)C(=O)N4C3)nc(-c3csc(C)n3)cc2c1. The topological polar surface area (TPSA) is 149 Å². The minimum atomic E-state index is -2.80. The molecule has 3 fully saturated rings. The molecule has 7 rings (SSSR count). The van der Waals surface area contributed by atoms with Crippen LogP contribution in [-0.2, 0) is 18.9 Å². The Bertz CT molecular complexity index is 1940. The van der Waals surface area contributed by atoms with Crippen LogP contribution in [0.15, 0.2) is 41.8 Å². The molecule has 284 valence electrons. The summed E-state index contributed by atoms with van der Waals surface area (Å²) in [7, 11) is -1.19. The molecule has 1 saturated heterocycles. The molecule has 0 radical (unpaired) electrons. The van der Waals surface area contributed by atoms with E-state index in [1.54, 1.807) is 20.4 Å². The van der Waals surface area contributed by atoms with E-state index in [0.717, 1.165) is 66.4 Å². The summed E-state index contributed by atoms with van der Waals surface area (Å²) >= 11 is 1.53. The lowest BCUT2D eigenvalue weighted by Gasteiger charge is -2.31. The smallest absolute Gasteiger partial charge is 0.408 e. The van der Waals surface area contributed by atoms with Gasteiger partial charge in [0.1, 0.15) is 37.2 Å². The number of nitrogens with zero attached hydrogens (tertiary/aromatic N) is 3. The Balaban J connectivity index is 1.21. The minimum absolute atomic E-state index is 0.0422. The Morgan fingerprint density at radius 2 is 1.83 bits per heavy atom. The van der Waals surface area contributed by atoms with Crippen molar-refractivity contribution in [3.63, 3.8) is 0 Å². The summed E-state index contributed by atoms with van der Waals surface area (Å²) in [4.78, 5) is 53.2. The van der Waals surface area contributed by atoms with Gasteiger partial charge < -0.3 is 34.3 Å². The number of nitrogens with one attached hydrogen (secondary N) is 2. The van der Waals surface area contributed by atoms with E-state index >= 15 is 0 Å². The second-order valence-electron chi connectivity index (χ2n) is 15.3. The van der Waals surface area contributed by atoms with Crippen LogP contribution in [0, 0.1) is 12.8 Å². The molecule has 14 heteroatoms. The second kappa shape index (κ2) is 15.4. The van der Waals surface area contributed by atoms with Crippen molar-refractivity contribution in [2.24, 2.45) is 5.92 Å². The number of aryl methyl sites for hydroxylation is 1. The van der Waals surface area contributed by atoms with Gasteiger partial charge in [0.15, 0.2) is 0 Å². The van der Waals surface area contributed by atoms with Crippen LogP contribution in [0.3, 0.4) is 0 Å². The van der Waals surface area contributed by atoms with Gasteiger partial charge in [-0.25, -0.2) is 14.8 Å². The van der Waals surface area contributed by atoms with Crippen LogP contribution in [0.1, 0.15) is 75.6 Å². The number of aromatic nitrogens is 2. The van der Waals surface area contributed by atoms with Crippen LogP contribution >= 0.6 is 18.5 Å². The number of fused-ring (bicyclic) bond motifs is 3. The molecule has 5 unspecified atom stereocenters. The average molecular weight is 764 g/mol. The van der Waals surface area contributed by atoms with Gasteiger partial charge in [0.2, 0.25) is 17.7 Å². The lowest BCUT2D eigenvalue weighted by Crippen LogP contribution is -2.55. The highest BCUT2D eigenvalue weighted by Gasteiger charge is 2.62. The first kappa shape index (κ1) is 37.4. The first-order chi connectivity index (χ1) is 25.4. The number of ether oxygens (including phenoxy) is 3. The maximum Gasteiger partial charge on any atom is 0.408 e. The zero-order chi connectivity index (χ0) is 37.3. The fraction of sp³-hybridized carbons (Fsp3) is 0.564. The van der Waals surface area contributed by atoms with Crippen molar-refractivity contribution in [3.05, 3.63) is 46.8 Å². The van der Waals surface area contributed by atoms with Crippen LogP contribution in [0.4, 0.5) is 4.79 Å². The number of carbonyl (C=O) groups excluding carboxylic acids is 3. The minimum Gasteiger partial charge on any atom is -0.497 e. The largest absolute Gasteiger partial charge is 0.497 e. The summed E-state index contributed by atoms with van der Waals surface area (Å²) < 4.78 is 31.6. The van der Waals surface area contributed by atoms with Gasteiger partial charge in [-0.3, -0.25) is 9.59 Å². The summed E-state index contributed by atoms with van der Waals surface area (Å²) in [6.07, 6.45) is 11.0. The summed E-state index contributed by atoms with van der Waals surface area (Å²) in [5.41, 5.74) is 1.35. The molecule has 1 aromatic carbocycles. The zero-order valence-corrected chi connectivity index (χ0v) is 32.7. The molecule has 2 N–H and O–H groups in total. The standard InChI is InChI=1S/C39H50N5O7PS/c1-24-40-33(23-53-24)32-19-25-18-28(49-2)16-17-30(25)36(41-32)50-29-20-34-35(45)43-39(52(3,4)48)21-26(39)12-8-6-5-7-9-15-31(37(46)44(34)22-29)42-38(47)51-27-13-10-11-14-27/h8,12,16-19,23,26-27,29,31,34H,5-7,9-11,13-15,20-22H2,1-4H3,(H,42,47)(H,43,45)/b12-8+. The van der Waals surface area contributed by atoms with Crippen molar-refractivity contribution in [2.75, 3.05) is 27.0 Å². The molecule has 3 aromatic rings. The molecule has 12 nitrogen and oxygen atoms in total. The van der Waals surface area contributed by atoms with Crippen molar-refractivity contribution >= 4 is 47.2 Å². The number of alkyl carbamates (subject to hydrolysis) is 1. The average Bonchev–Trinajstić information content (AvgIpc) is 3.52. The Labute approximate surface area is 314 Å². The van der Waals surface area contributed by atoms with E-state index < -0.39 is 36.7 Å². The molecule has 2 aliphatic carbocycles. The number of thiazole rings is 1. The lowest BCUT2D eigenvalue weighted by molar-refractivity contribution is -0.140. The highest BCUT2D eigenvalue weighted by molar-refractivity contribution is 7.64. The Hall–Kier alpha value is -3.96. The number of amides is 3. The highest BCUT2D eigenvalue weighted by Crippen LogP contribution is 2.68. The first-order valence-corrected chi connectivity index (χ1v) is 22.3. The summed E-state index contributed by atoms with van der Waals surface area (Å²) in [5.74, 6) is 0.261. The molecule has 2 saturated carbocycles. The van der Waals surface area contributed by atoms with Crippen LogP contribution in [-0.4, -0.2) is 89.3 Å². The Morgan fingerprint density at radius 3 is 2.57 bits per heavy atom. The lowest BCUT2D eigenvalue weighted by atomic mass is 10.0. The summed E-state index contributed by atoms with van der Waals surface area (Å²) in [5, 5.41) is 9.64. The normalized spacial score (nSPS) is 27.6. The predicted molar refractivity (Wildman–Crippen MR) is 205 cm³/mol. The van der Waals surface area contributed by atoms with Crippen LogP contribution in [0.5, 0.6) is 11.6 Å². The second-order valence-corrected chi connectivity index (χ2v) is 19.8. The van der Waals surface area contributed by atoms with Gasteiger partial charge in [0, 0.05) is 23.1 Å². The quantitative estimate of drug-likeness (QED) is 0.191. The van der Waals surface area contributed by atoms with Gasteiger partial charge in [-0.2, -0.15) is 0 Å². The Kier molecular flexibility index (Phi) is 10.9. The van der Waals surface area contributed by atoms with Gasteiger partial charge in [-0.05, 0) is 101 Å². The van der Waals surface area contributed by atoms with Crippen molar-refractivity contribution in [1.29, 1.82) is 0 Å². The van der Waals surface area contributed by atoms with Gasteiger partial charge >= 0.3 is 6.09 Å². The number of benzene rings is 1. The van der Waals surface area contributed by atoms with E-state index in [-0.39, 0.29) is 36.8 Å². The van der Waals surface area contributed by atoms with Crippen molar-refractivity contribution in [2.45, 2.75) is 107 Å².